The topological polar surface area (TPSA) is 55.1 Å². The first kappa shape index (κ1) is 12.4. The van der Waals surface area contributed by atoms with Gasteiger partial charge in [-0.25, -0.2) is 4.98 Å². The van der Waals surface area contributed by atoms with Crippen molar-refractivity contribution >= 4 is 11.3 Å². The lowest BCUT2D eigenvalue weighted by molar-refractivity contribution is 0.355. The Labute approximate surface area is 109 Å². The van der Waals surface area contributed by atoms with Crippen LogP contribution in [0.15, 0.2) is 23.6 Å². The molecule has 2 aromatic rings. The number of methoxy groups -OCH3 is 2. The van der Waals surface area contributed by atoms with Gasteiger partial charge in [-0.2, -0.15) is 5.26 Å². The van der Waals surface area contributed by atoms with Crippen molar-refractivity contribution in [2.24, 2.45) is 0 Å². The highest BCUT2D eigenvalue weighted by Crippen LogP contribution is 2.33. The number of hydrogen-bond acceptors (Lipinski definition) is 5. The Bertz CT molecular complexity index is 587. The number of aromatic nitrogens is 1. The highest BCUT2D eigenvalue weighted by Gasteiger charge is 2.09. The van der Waals surface area contributed by atoms with Crippen molar-refractivity contribution in [3.8, 4) is 28.1 Å². The first-order valence-corrected chi connectivity index (χ1v) is 6.20. The molecule has 0 saturated carbocycles. The fraction of sp³-hybridized carbons (Fsp3) is 0.231. The van der Waals surface area contributed by atoms with Crippen LogP contribution in [0, 0.1) is 11.3 Å². The van der Waals surface area contributed by atoms with Gasteiger partial charge < -0.3 is 9.47 Å². The standard InChI is InChI=1S/C13H12N2O2S/c1-16-11-4-3-9(7-12(11)17-2)13-15-10(5-6-14)8-18-13/h3-4,7-8H,5H2,1-2H3. The summed E-state index contributed by atoms with van der Waals surface area (Å²) in [4.78, 5) is 4.40. The van der Waals surface area contributed by atoms with Crippen LogP contribution in [0.25, 0.3) is 10.6 Å². The minimum Gasteiger partial charge on any atom is -0.493 e. The summed E-state index contributed by atoms with van der Waals surface area (Å²) in [6.45, 7) is 0. The van der Waals surface area contributed by atoms with E-state index >= 15 is 0 Å². The van der Waals surface area contributed by atoms with Crippen LogP contribution in [-0.2, 0) is 6.42 Å². The number of rotatable bonds is 4. The van der Waals surface area contributed by atoms with E-state index in [2.05, 4.69) is 11.1 Å². The maximum Gasteiger partial charge on any atom is 0.161 e. The van der Waals surface area contributed by atoms with E-state index in [4.69, 9.17) is 14.7 Å². The molecule has 0 spiro atoms. The van der Waals surface area contributed by atoms with E-state index in [1.54, 1.807) is 14.2 Å². The molecule has 0 atom stereocenters. The third kappa shape index (κ3) is 2.44. The van der Waals surface area contributed by atoms with Crippen molar-refractivity contribution in [2.45, 2.75) is 6.42 Å². The van der Waals surface area contributed by atoms with E-state index in [0.29, 0.717) is 17.9 Å². The monoisotopic (exact) mass is 260 g/mol. The molecule has 0 fully saturated rings. The van der Waals surface area contributed by atoms with E-state index in [1.807, 2.05) is 23.6 Å². The van der Waals surface area contributed by atoms with Crippen LogP contribution in [0.1, 0.15) is 5.69 Å². The van der Waals surface area contributed by atoms with Gasteiger partial charge in [0.15, 0.2) is 11.5 Å². The smallest absolute Gasteiger partial charge is 0.161 e. The van der Waals surface area contributed by atoms with Crippen LogP contribution in [-0.4, -0.2) is 19.2 Å². The van der Waals surface area contributed by atoms with Gasteiger partial charge in [0.1, 0.15) is 5.01 Å². The Morgan fingerprint density at radius 1 is 1.28 bits per heavy atom. The quantitative estimate of drug-likeness (QED) is 0.848. The Kier molecular flexibility index (Phi) is 3.80. The molecule has 0 radical (unpaired) electrons. The molecule has 18 heavy (non-hydrogen) atoms. The van der Waals surface area contributed by atoms with Crippen LogP contribution in [0.4, 0.5) is 0 Å². The van der Waals surface area contributed by atoms with Crippen LogP contribution in [0.2, 0.25) is 0 Å². The lowest BCUT2D eigenvalue weighted by atomic mass is 10.2. The van der Waals surface area contributed by atoms with Crippen LogP contribution in [0.3, 0.4) is 0 Å². The zero-order chi connectivity index (χ0) is 13.0. The zero-order valence-corrected chi connectivity index (χ0v) is 11.0. The summed E-state index contributed by atoms with van der Waals surface area (Å²) in [6, 6.07) is 7.75. The highest BCUT2D eigenvalue weighted by atomic mass is 32.1. The molecule has 0 aliphatic rings. The zero-order valence-electron chi connectivity index (χ0n) is 10.1. The van der Waals surface area contributed by atoms with Gasteiger partial charge in [0.05, 0.1) is 32.4 Å². The first-order valence-electron chi connectivity index (χ1n) is 5.32. The molecule has 0 unspecified atom stereocenters. The number of thiazole rings is 1. The normalized spacial score (nSPS) is 9.83. The minimum atomic E-state index is 0.337. The Morgan fingerprint density at radius 3 is 2.72 bits per heavy atom. The maximum absolute atomic E-state index is 8.63. The van der Waals surface area contributed by atoms with Gasteiger partial charge in [-0.1, -0.05) is 0 Å². The van der Waals surface area contributed by atoms with E-state index in [9.17, 15) is 0 Å². The van der Waals surface area contributed by atoms with E-state index in [1.165, 1.54) is 11.3 Å². The SMILES string of the molecule is COc1ccc(-c2nc(CC#N)cs2)cc1OC. The predicted molar refractivity (Wildman–Crippen MR) is 70.0 cm³/mol. The minimum absolute atomic E-state index is 0.337. The van der Waals surface area contributed by atoms with E-state index in [0.717, 1.165) is 16.3 Å². The molecule has 92 valence electrons. The largest absolute Gasteiger partial charge is 0.493 e. The summed E-state index contributed by atoms with van der Waals surface area (Å²) in [7, 11) is 3.20. The van der Waals surface area contributed by atoms with Crippen molar-refractivity contribution in [3.05, 3.63) is 29.3 Å². The lowest BCUT2D eigenvalue weighted by Gasteiger charge is -2.08. The van der Waals surface area contributed by atoms with Crippen molar-refractivity contribution in [3.63, 3.8) is 0 Å². The molecule has 5 heteroatoms. The summed E-state index contributed by atoms with van der Waals surface area (Å²) in [5.41, 5.74) is 1.76. The molecule has 0 N–H and O–H groups in total. The molecular formula is C13H12N2O2S. The second-order valence-electron chi connectivity index (χ2n) is 3.55. The molecule has 0 bridgehead atoms. The Balaban J connectivity index is 2.35. The average molecular weight is 260 g/mol. The molecule has 0 aliphatic carbocycles. The fourth-order valence-electron chi connectivity index (χ4n) is 1.57. The van der Waals surface area contributed by atoms with Gasteiger partial charge in [-0.15, -0.1) is 11.3 Å². The van der Waals surface area contributed by atoms with E-state index in [-0.39, 0.29) is 0 Å². The number of nitrogens with zero attached hydrogens (tertiary/aromatic N) is 2. The summed E-state index contributed by atoms with van der Waals surface area (Å²) < 4.78 is 10.4. The van der Waals surface area contributed by atoms with Gasteiger partial charge in [0.2, 0.25) is 0 Å². The molecule has 0 saturated heterocycles. The summed E-state index contributed by atoms with van der Waals surface area (Å²) in [6.07, 6.45) is 0.337. The molecule has 2 rings (SSSR count). The first-order chi connectivity index (χ1) is 8.78. The van der Waals surface area contributed by atoms with E-state index < -0.39 is 0 Å². The second-order valence-corrected chi connectivity index (χ2v) is 4.41. The molecule has 1 aromatic carbocycles. The predicted octanol–water partition coefficient (Wildman–Crippen LogP) is 2.89. The Hall–Kier alpha value is -2.06. The number of ether oxygens (including phenoxy) is 2. The van der Waals surface area contributed by atoms with Gasteiger partial charge in [-0.05, 0) is 18.2 Å². The van der Waals surface area contributed by atoms with Crippen molar-refractivity contribution in [2.75, 3.05) is 14.2 Å². The van der Waals surface area contributed by atoms with Crippen molar-refractivity contribution in [1.82, 2.24) is 4.98 Å². The average Bonchev–Trinajstić information content (AvgIpc) is 2.87. The molecule has 0 amide bonds. The maximum atomic E-state index is 8.63. The van der Waals surface area contributed by atoms with Crippen LogP contribution < -0.4 is 9.47 Å². The van der Waals surface area contributed by atoms with Crippen molar-refractivity contribution < 1.29 is 9.47 Å². The third-order valence-electron chi connectivity index (χ3n) is 2.44. The third-order valence-corrected chi connectivity index (χ3v) is 3.38. The molecule has 0 aliphatic heterocycles. The number of benzene rings is 1. The molecule has 1 heterocycles. The Morgan fingerprint density at radius 2 is 2.06 bits per heavy atom. The summed E-state index contributed by atoms with van der Waals surface area (Å²) in [5, 5.41) is 11.4. The molecule has 4 nitrogen and oxygen atoms in total. The lowest BCUT2D eigenvalue weighted by Crippen LogP contribution is -1.90. The number of hydrogen-bond donors (Lipinski definition) is 0. The summed E-state index contributed by atoms with van der Waals surface area (Å²) in [5.74, 6) is 1.36. The van der Waals surface area contributed by atoms with Gasteiger partial charge in [-0.3, -0.25) is 0 Å². The fourth-order valence-corrected chi connectivity index (χ4v) is 2.39. The van der Waals surface area contributed by atoms with Crippen LogP contribution in [0.5, 0.6) is 11.5 Å². The molecule has 1 aromatic heterocycles. The highest BCUT2D eigenvalue weighted by molar-refractivity contribution is 7.13. The van der Waals surface area contributed by atoms with Crippen LogP contribution >= 0.6 is 11.3 Å². The van der Waals surface area contributed by atoms with Gasteiger partial charge >= 0.3 is 0 Å². The van der Waals surface area contributed by atoms with Crippen molar-refractivity contribution in [1.29, 1.82) is 5.26 Å². The van der Waals surface area contributed by atoms with Gasteiger partial charge in [0.25, 0.3) is 0 Å². The molecular weight excluding hydrogens is 248 g/mol. The van der Waals surface area contributed by atoms with Gasteiger partial charge in [0, 0.05) is 10.9 Å². The summed E-state index contributed by atoms with van der Waals surface area (Å²) >= 11 is 1.52. The second kappa shape index (κ2) is 5.52. The number of nitriles is 1.